The van der Waals surface area contributed by atoms with Gasteiger partial charge in [0.15, 0.2) is 0 Å². The fourth-order valence-electron chi connectivity index (χ4n) is 4.33. The Hall–Kier alpha value is -3.71. The standard InChI is InChI=1S/C27H27N3O3S/c1-15-5-7-19(8-6-15)21-14-34-27(24(21)26(28)33)29-22(31)9-10-30-23(32)13-17(3)20-12-16(2)11-18(4)25(20)30/h5-8,11-14H,9-10H2,1-4H3,(H2,28,33)(H,29,31). The summed E-state index contributed by atoms with van der Waals surface area (Å²) in [4.78, 5) is 37.8. The average Bonchev–Trinajstić information content (AvgIpc) is 3.18. The van der Waals surface area contributed by atoms with Crippen LogP contribution in [0, 0.1) is 27.7 Å². The summed E-state index contributed by atoms with van der Waals surface area (Å²) in [7, 11) is 0. The molecule has 0 unspecified atom stereocenters. The first-order chi connectivity index (χ1) is 16.2. The SMILES string of the molecule is Cc1ccc(-c2csc(NC(=O)CCn3c(=O)cc(C)c4cc(C)cc(C)c43)c2C(N)=O)cc1. The van der Waals surface area contributed by atoms with E-state index in [9.17, 15) is 14.4 Å². The second-order valence-electron chi connectivity index (χ2n) is 8.68. The van der Waals surface area contributed by atoms with Gasteiger partial charge in [-0.1, -0.05) is 41.5 Å². The monoisotopic (exact) mass is 473 g/mol. The van der Waals surface area contributed by atoms with E-state index in [2.05, 4.69) is 11.4 Å². The molecule has 0 spiro atoms. The lowest BCUT2D eigenvalue weighted by Gasteiger charge is -2.15. The van der Waals surface area contributed by atoms with Crippen LogP contribution < -0.4 is 16.6 Å². The number of aromatic nitrogens is 1. The average molecular weight is 474 g/mol. The van der Waals surface area contributed by atoms with E-state index >= 15 is 0 Å². The third kappa shape index (κ3) is 4.52. The number of carbonyl (C=O) groups is 2. The zero-order valence-electron chi connectivity index (χ0n) is 19.7. The highest BCUT2D eigenvalue weighted by molar-refractivity contribution is 7.15. The number of benzene rings is 2. The lowest BCUT2D eigenvalue weighted by molar-refractivity contribution is -0.116. The maximum atomic E-state index is 12.8. The zero-order valence-corrected chi connectivity index (χ0v) is 20.5. The van der Waals surface area contributed by atoms with E-state index in [-0.39, 0.29) is 24.4 Å². The van der Waals surface area contributed by atoms with E-state index in [1.54, 1.807) is 10.6 Å². The van der Waals surface area contributed by atoms with E-state index in [1.807, 2.05) is 63.4 Å². The van der Waals surface area contributed by atoms with Crippen molar-refractivity contribution in [1.29, 1.82) is 0 Å². The van der Waals surface area contributed by atoms with Crippen molar-refractivity contribution in [2.75, 3.05) is 5.32 Å². The minimum Gasteiger partial charge on any atom is -0.365 e. The van der Waals surface area contributed by atoms with Crippen LogP contribution in [0.2, 0.25) is 0 Å². The molecule has 174 valence electrons. The molecule has 0 aliphatic carbocycles. The Morgan fingerprint density at radius 2 is 1.68 bits per heavy atom. The van der Waals surface area contributed by atoms with Crippen molar-refractivity contribution in [2.24, 2.45) is 5.73 Å². The van der Waals surface area contributed by atoms with Gasteiger partial charge in [-0.3, -0.25) is 14.4 Å². The molecule has 0 aliphatic rings. The van der Waals surface area contributed by atoms with Gasteiger partial charge in [-0.2, -0.15) is 0 Å². The highest BCUT2D eigenvalue weighted by Crippen LogP contribution is 2.35. The molecule has 7 heteroatoms. The van der Waals surface area contributed by atoms with E-state index in [0.29, 0.717) is 16.1 Å². The number of fused-ring (bicyclic) bond motifs is 1. The highest BCUT2D eigenvalue weighted by Gasteiger charge is 2.20. The molecule has 0 aliphatic heterocycles. The van der Waals surface area contributed by atoms with Crippen molar-refractivity contribution in [3.63, 3.8) is 0 Å². The van der Waals surface area contributed by atoms with E-state index in [0.717, 1.165) is 38.7 Å². The van der Waals surface area contributed by atoms with Gasteiger partial charge in [0.2, 0.25) is 5.91 Å². The number of rotatable bonds is 6. The smallest absolute Gasteiger partial charge is 0.252 e. The molecule has 0 atom stereocenters. The summed E-state index contributed by atoms with van der Waals surface area (Å²) in [6, 6.07) is 13.5. The predicted octanol–water partition coefficient (Wildman–Crippen LogP) is 5.09. The number of hydrogen-bond acceptors (Lipinski definition) is 4. The predicted molar refractivity (Wildman–Crippen MR) is 139 cm³/mol. The van der Waals surface area contributed by atoms with Crippen LogP contribution in [-0.2, 0) is 11.3 Å². The van der Waals surface area contributed by atoms with Gasteiger partial charge in [-0.05, 0) is 50.5 Å². The fraction of sp³-hybridized carbons (Fsp3) is 0.222. The van der Waals surface area contributed by atoms with Crippen molar-refractivity contribution < 1.29 is 9.59 Å². The molecule has 0 radical (unpaired) electrons. The van der Waals surface area contributed by atoms with Crippen molar-refractivity contribution in [3.8, 4) is 11.1 Å². The maximum Gasteiger partial charge on any atom is 0.252 e. The van der Waals surface area contributed by atoms with Crippen LogP contribution in [0.15, 0.2) is 52.6 Å². The largest absolute Gasteiger partial charge is 0.365 e. The van der Waals surface area contributed by atoms with Gasteiger partial charge >= 0.3 is 0 Å². The lowest BCUT2D eigenvalue weighted by Crippen LogP contribution is -2.24. The number of carbonyl (C=O) groups excluding carboxylic acids is 2. The Bertz CT molecular complexity index is 1480. The number of nitrogens with zero attached hydrogens (tertiary/aromatic N) is 1. The van der Waals surface area contributed by atoms with Gasteiger partial charge in [0, 0.05) is 35.4 Å². The Labute approximate surface area is 202 Å². The van der Waals surface area contributed by atoms with Crippen LogP contribution in [-0.4, -0.2) is 16.4 Å². The summed E-state index contributed by atoms with van der Waals surface area (Å²) in [6.07, 6.45) is 0.0847. The lowest BCUT2D eigenvalue weighted by atomic mass is 10.0. The fourth-order valence-corrected chi connectivity index (χ4v) is 5.33. The number of aryl methyl sites for hydroxylation is 5. The molecule has 0 saturated carbocycles. The first-order valence-corrected chi connectivity index (χ1v) is 11.9. The zero-order chi connectivity index (χ0) is 24.6. The Morgan fingerprint density at radius 1 is 0.971 bits per heavy atom. The first kappa shape index (κ1) is 23.4. The van der Waals surface area contributed by atoms with Gasteiger partial charge in [-0.25, -0.2) is 0 Å². The number of primary amides is 1. The van der Waals surface area contributed by atoms with E-state index < -0.39 is 5.91 Å². The number of amides is 2. The summed E-state index contributed by atoms with van der Waals surface area (Å²) in [5, 5.41) is 6.08. The first-order valence-electron chi connectivity index (χ1n) is 11.0. The summed E-state index contributed by atoms with van der Waals surface area (Å²) >= 11 is 1.26. The third-order valence-corrected chi connectivity index (χ3v) is 6.86. The van der Waals surface area contributed by atoms with Crippen molar-refractivity contribution in [3.05, 3.63) is 86.0 Å². The topological polar surface area (TPSA) is 94.2 Å². The van der Waals surface area contributed by atoms with Crippen LogP contribution in [0.3, 0.4) is 0 Å². The van der Waals surface area contributed by atoms with Gasteiger partial charge in [0.25, 0.3) is 11.5 Å². The minimum absolute atomic E-state index is 0.0847. The van der Waals surface area contributed by atoms with Crippen LogP contribution in [0.25, 0.3) is 22.0 Å². The minimum atomic E-state index is -0.598. The molecule has 34 heavy (non-hydrogen) atoms. The summed E-state index contributed by atoms with van der Waals surface area (Å²) < 4.78 is 1.65. The summed E-state index contributed by atoms with van der Waals surface area (Å²) in [6.45, 7) is 8.14. The molecule has 4 rings (SSSR count). The third-order valence-electron chi connectivity index (χ3n) is 5.96. The molecular weight excluding hydrogens is 446 g/mol. The summed E-state index contributed by atoms with van der Waals surface area (Å²) in [5.74, 6) is -0.885. The molecule has 2 amide bonds. The second kappa shape index (κ2) is 9.27. The summed E-state index contributed by atoms with van der Waals surface area (Å²) in [5.41, 5.74) is 12.4. The number of nitrogens with two attached hydrogens (primary N) is 1. The quantitative estimate of drug-likeness (QED) is 0.408. The molecule has 2 heterocycles. The van der Waals surface area contributed by atoms with Crippen LogP contribution >= 0.6 is 11.3 Å². The number of nitrogens with one attached hydrogen (secondary N) is 1. The number of hydrogen-bond donors (Lipinski definition) is 2. The molecular formula is C27H27N3O3S. The number of pyridine rings is 1. The van der Waals surface area contributed by atoms with Crippen molar-refractivity contribution in [2.45, 2.75) is 40.7 Å². The Kier molecular flexibility index (Phi) is 6.39. The van der Waals surface area contributed by atoms with E-state index in [1.165, 1.54) is 11.3 Å². The van der Waals surface area contributed by atoms with Crippen LogP contribution in [0.4, 0.5) is 5.00 Å². The molecule has 6 nitrogen and oxygen atoms in total. The number of anilines is 1. The Morgan fingerprint density at radius 3 is 2.35 bits per heavy atom. The van der Waals surface area contributed by atoms with Crippen LogP contribution in [0.1, 0.15) is 39.0 Å². The van der Waals surface area contributed by atoms with Crippen molar-refractivity contribution in [1.82, 2.24) is 4.57 Å². The molecule has 3 N–H and O–H groups in total. The molecule has 0 saturated heterocycles. The molecule has 2 aromatic carbocycles. The van der Waals surface area contributed by atoms with Gasteiger partial charge in [0.1, 0.15) is 5.00 Å². The van der Waals surface area contributed by atoms with Gasteiger partial charge < -0.3 is 15.6 Å². The maximum absolute atomic E-state index is 12.8. The normalized spacial score (nSPS) is 11.1. The van der Waals surface area contributed by atoms with Crippen molar-refractivity contribution >= 4 is 39.1 Å². The van der Waals surface area contributed by atoms with E-state index in [4.69, 9.17) is 5.73 Å². The van der Waals surface area contributed by atoms with Gasteiger partial charge in [-0.15, -0.1) is 11.3 Å². The highest BCUT2D eigenvalue weighted by atomic mass is 32.1. The van der Waals surface area contributed by atoms with Crippen LogP contribution in [0.5, 0.6) is 0 Å². The van der Waals surface area contributed by atoms with Gasteiger partial charge in [0.05, 0.1) is 11.1 Å². The molecule has 4 aromatic rings. The Balaban J connectivity index is 1.59. The molecule has 2 aromatic heterocycles. The number of thiophene rings is 1. The molecule has 0 bridgehead atoms. The molecule has 0 fully saturated rings. The second-order valence-corrected chi connectivity index (χ2v) is 9.56.